The average Bonchev–Trinajstić information content (AvgIpc) is 3.24. The number of para-hydroxylation sites is 1. The van der Waals surface area contributed by atoms with Crippen LogP contribution in [0.5, 0.6) is 5.75 Å². The van der Waals surface area contributed by atoms with Gasteiger partial charge in [0.05, 0.1) is 7.11 Å². The average molecular weight is 455 g/mol. The van der Waals surface area contributed by atoms with E-state index in [0.29, 0.717) is 12.5 Å². The summed E-state index contributed by atoms with van der Waals surface area (Å²) >= 11 is 0. The number of carbonyl (C=O) groups is 2. The first-order chi connectivity index (χ1) is 15.7. The Labute approximate surface area is 197 Å². The third-order valence-corrected chi connectivity index (χ3v) is 7.52. The van der Waals surface area contributed by atoms with Gasteiger partial charge in [-0.3, -0.25) is 4.79 Å². The van der Waals surface area contributed by atoms with Crippen LogP contribution < -0.4 is 4.74 Å². The van der Waals surface area contributed by atoms with Gasteiger partial charge in [-0.1, -0.05) is 31.0 Å². The number of hydrogen-bond donors (Lipinski definition) is 0. The van der Waals surface area contributed by atoms with Gasteiger partial charge in [0, 0.05) is 37.8 Å². The number of nitrogens with zero attached hydrogens (tertiary/aromatic N) is 2. The van der Waals surface area contributed by atoms with Crippen molar-refractivity contribution in [2.24, 2.45) is 11.3 Å². The number of methoxy groups -OCH3 is 1. The van der Waals surface area contributed by atoms with Gasteiger partial charge in [0.2, 0.25) is 5.91 Å². The third kappa shape index (κ3) is 5.20. The van der Waals surface area contributed by atoms with Crippen molar-refractivity contribution >= 4 is 17.6 Å². The molecule has 1 unspecified atom stereocenters. The minimum absolute atomic E-state index is 0.0878. The quantitative estimate of drug-likeness (QED) is 0.633. The molecule has 3 aliphatic rings. The van der Waals surface area contributed by atoms with Gasteiger partial charge in [0.25, 0.3) is 0 Å². The fraction of sp³-hybridized carbons (Fsp3) is 0.630. The maximum absolute atomic E-state index is 13.1. The van der Waals surface area contributed by atoms with Crippen LogP contribution in [-0.2, 0) is 9.53 Å². The van der Waals surface area contributed by atoms with Crippen molar-refractivity contribution in [1.82, 2.24) is 9.80 Å². The van der Waals surface area contributed by atoms with Crippen molar-refractivity contribution in [2.75, 3.05) is 33.3 Å². The number of ether oxygens (including phenoxy) is 2. The summed E-state index contributed by atoms with van der Waals surface area (Å²) in [5.41, 5.74) is 1.67. The molecule has 0 radical (unpaired) electrons. The van der Waals surface area contributed by atoms with Crippen molar-refractivity contribution in [1.29, 1.82) is 0 Å². The molecule has 2 aliphatic heterocycles. The molecule has 1 atom stereocenters. The highest BCUT2D eigenvalue weighted by Gasteiger charge is 2.47. The van der Waals surface area contributed by atoms with E-state index >= 15 is 0 Å². The molecule has 33 heavy (non-hydrogen) atoms. The van der Waals surface area contributed by atoms with Crippen LogP contribution in [0.4, 0.5) is 4.79 Å². The standard InChI is InChI=1S/C27H38N2O4/c1-26(2,3)33-25(31)29-16-12-21(27(19-29)13-7-8-14-27)18-28-15-11-20(17-24(28)30)22-9-5-6-10-23(22)32-4/h5-6,9-10,17,21H,7-8,11-16,18-19H2,1-4H3. The molecule has 6 nitrogen and oxygen atoms in total. The zero-order valence-corrected chi connectivity index (χ0v) is 20.6. The molecular formula is C27H38N2O4. The number of carbonyl (C=O) groups excluding carboxylic acids is 2. The zero-order valence-electron chi connectivity index (χ0n) is 20.6. The Morgan fingerprint density at radius 1 is 1.15 bits per heavy atom. The second-order valence-electron chi connectivity index (χ2n) is 10.9. The first-order valence-electron chi connectivity index (χ1n) is 12.3. The van der Waals surface area contributed by atoms with Crippen LogP contribution in [-0.4, -0.2) is 60.7 Å². The van der Waals surface area contributed by atoms with Gasteiger partial charge in [0.1, 0.15) is 11.4 Å². The lowest BCUT2D eigenvalue weighted by molar-refractivity contribution is -0.128. The number of likely N-dealkylation sites (tertiary alicyclic amines) is 1. The Hall–Kier alpha value is -2.50. The van der Waals surface area contributed by atoms with Crippen molar-refractivity contribution < 1.29 is 19.1 Å². The second kappa shape index (κ2) is 9.40. The van der Waals surface area contributed by atoms with Crippen molar-refractivity contribution in [2.45, 2.75) is 64.9 Å². The summed E-state index contributed by atoms with van der Waals surface area (Å²) in [6, 6.07) is 7.89. The predicted octanol–water partition coefficient (Wildman–Crippen LogP) is 5.13. The molecule has 1 aromatic carbocycles. The van der Waals surface area contributed by atoms with Gasteiger partial charge in [-0.25, -0.2) is 4.79 Å². The van der Waals surface area contributed by atoms with Crippen LogP contribution in [0, 0.1) is 11.3 Å². The monoisotopic (exact) mass is 454 g/mol. The van der Waals surface area contributed by atoms with Gasteiger partial charge in [-0.2, -0.15) is 0 Å². The number of piperidine rings is 1. The number of hydrogen-bond acceptors (Lipinski definition) is 4. The highest BCUT2D eigenvalue weighted by molar-refractivity contribution is 5.97. The molecule has 4 rings (SSSR count). The lowest BCUT2D eigenvalue weighted by Crippen LogP contribution is -2.54. The molecule has 0 aromatic heterocycles. The van der Waals surface area contributed by atoms with Crippen LogP contribution in [0.25, 0.3) is 5.57 Å². The molecule has 6 heteroatoms. The van der Waals surface area contributed by atoms with Gasteiger partial charge in [0.15, 0.2) is 0 Å². The Morgan fingerprint density at radius 2 is 1.88 bits per heavy atom. The number of amides is 2. The maximum atomic E-state index is 13.1. The number of rotatable bonds is 4. The molecule has 2 heterocycles. The predicted molar refractivity (Wildman–Crippen MR) is 129 cm³/mol. The smallest absolute Gasteiger partial charge is 0.410 e. The minimum Gasteiger partial charge on any atom is -0.496 e. The lowest BCUT2D eigenvalue weighted by atomic mass is 9.69. The molecule has 1 saturated heterocycles. The van der Waals surface area contributed by atoms with E-state index in [0.717, 1.165) is 62.2 Å². The van der Waals surface area contributed by atoms with Gasteiger partial charge < -0.3 is 19.3 Å². The van der Waals surface area contributed by atoms with Gasteiger partial charge in [-0.05, 0) is 69.4 Å². The largest absolute Gasteiger partial charge is 0.496 e. The zero-order chi connectivity index (χ0) is 23.6. The van der Waals surface area contributed by atoms with E-state index in [-0.39, 0.29) is 17.4 Å². The van der Waals surface area contributed by atoms with E-state index in [1.54, 1.807) is 13.2 Å². The molecule has 1 saturated carbocycles. The van der Waals surface area contributed by atoms with Crippen molar-refractivity contribution in [3.05, 3.63) is 35.9 Å². The summed E-state index contributed by atoms with van der Waals surface area (Å²) in [5, 5.41) is 0. The fourth-order valence-electron chi connectivity index (χ4n) is 5.87. The topological polar surface area (TPSA) is 59.1 Å². The summed E-state index contributed by atoms with van der Waals surface area (Å²) in [6.45, 7) is 8.69. The fourth-order valence-corrected chi connectivity index (χ4v) is 5.87. The molecular weight excluding hydrogens is 416 g/mol. The van der Waals surface area contributed by atoms with Crippen LogP contribution in [0.3, 0.4) is 0 Å². The summed E-state index contributed by atoms with van der Waals surface area (Å²) < 4.78 is 11.2. The van der Waals surface area contributed by atoms with Crippen LogP contribution in [0.15, 0.2) is 30.3 Å². The van der Waals surface area contributed by atoms with Crippen LogP contribution >= 0.6 is 0 Å². The normalized spacial score (nSPS) is 23.0. The van der Waals surface area contributed by atoms with E-state index in [2.05, 4.69) is 0 Å². The Bertz CT molecular complexity index is 911. The summed E-state index contributed by atoms with van der Waals surface area (Å²) in [4.78, 5) is 29.8. The van der Waals surface area contributed by atoms with E-state index in [1.807, 2.05) is 54.8 Å². The van der Waals surface area contributed by atoms with Crippen LogP contribution in [0.1, 0.15) is 64.9 Å². The SMILES string of the molecule is COc1ccccc1C1=CC(=O)N(CC2CCN(C(=O)OC(C)(C)C)CC23CCCC3)CC1. The molecule has 2 amide bonds. The molecule has 1 spiro atoms. The van der Waals surface area contributed by atoms with E-state index in [4.69, 9.17) is 9.47 Å². The van der Waals surface area contributed by atoms with Crippen LogP contribution in [0.2, 0.25) is 0 Å². The molecule has 1 aliphatic carbocycles. The maximum Gasteiger partial charge on any atom is 0.410 e. The van der Waals surface area contributed by atoms with E-state index in [9.17, 15) is 9.59 Å². The first kappa shape index (κ1) is 23.7. The van der Waals surface area contributed by atoms with E-state index < -0.39 is 5.60 Å². The van der Waals surface area contributed by atoms with Crippen molar-refractivity contribution in [3.63, 3.8) is 0 Å². The summed E-state index contributed by atoms with van der Waals surface area (Å²) in [7, 11) is 1.67. The van der Waals surface area contributed by atoms with Gasteiger partial charge >= 0.3 is 6.09 Å². The molecule has 1 aromatic rings. The third-order valence-electron chi connectivity index (χ3n) is 7.52. The Kier molecular flexibility index (Phi) is 6.73. The second-order valence-corrected chi connectivity index (χ2v) is 10.9. The summed E-state index contributed by atoms with van der Waals surface area (Å²) in [6.07, 6.45) is 7.99. The minimum atomic E-state index is -0.484. The molecule has 0 bridgehead atoms. The number of benzene rings is 1. The van der Waals surface area contributed by atoms with E-state index in [1.165, 1.54) is 12.8 Å². The molecule has 2 fully saturated rings. The molecule has 180 valence electrons. The van der Waals surface area contributed by atoms with Gasteiger partial charge in [-0.15, -0.1) is 0 Å². The highest BCUT2D eigenvalue weighted by Crippen LogP contribution is 2.49. The summed E-state index contributed by atoms with van der Waals surface area (Å²) in [5.74, 6) is 1.32. The highest BCUT2D eigenvalue weighted by atomic mass is 16.6. The van der Waals surface area contributed by atoms with Crippen molar-refractivity contribution in [3.8, 4) is 5.75 Å². The Morgan fingerprint density at radius 3 is 2.55 bits per heavy atom. The lowest BCUT2D eigenvalue weighted by Gasteiger charge is -2.48. The molecule has 0 N–H and O–H groups in total. The first-order valence-corrected chi connectivity index (χ1v) is 12.3. The Balaban J connectivity index is 1.45.